The Morgan fingerprint density at radius 2 is 1.89 bits per heavy atom. The Hall–Kier alpha value is -1.02. The van der Waals surface area contributed by atoms with Crippen molar-refractivity contribution >= 4 is 6.09 Å². The van der Waals surface area contributed by atoms with Crippen LogP contribution in [-0.2, 0) is 4.74 Å². The zero-order valence-electron chi connectivity index (χ0n) is 16.8. The zero-order chi connectivity index (χ0) is 20.4. The van der Waals surface area contributed by atoms with Gasteiger partial charge < -0.3 is 14.7 Å². The van der Waals surface area contributed by atoms with Crippen LogP contribution < -0.4 is 0 Å². The van der Waals surface area contributed by atoms with Crippen LogP contribution >= 0.6 is 0 Å². The van der Waals surface area contributed by atoms with Gasteiger partial charge in [-0.15, -0.1) is 0 Å². The Bertz CT molecular complexity index is 507. The van der Waals surface area contributed by atoms with Crippen LogP contribution in [0.5, 0.6) is 0 Å². The number of alkyl halides is 3. The Morgan fingerprint density at radius 3 is 2.44 bits per heavy atom. The minimum absolute atomic E-state index is 0.0718. The van der Waals surface area contributed by atoms with Crippen molar-refractivity contribution in [2.45, 2.75) is 89.8 Å². The molecule has 27 heavy (non-hydrogen) atoms. The van der Waals surface area contributed by atoms with E-state index in [4.69, 9.17) is 4.74 Å². The van der Waals surface area contributed by atoms with Gasteiger partial charge in [0.05, 0.1) is 0 Å². The fraction of sp³-hybridized carbons (Fsp3) is 0.947. The third-order valence-electron chi connectivity index (χ3n) is 5.51. The van der Waals surface area contributed by atoms with Gasteiger partial charge in [-0.05, 0) is 65.3 Å². The maximum atomic E-state index is 12.6. The molecule has 0 aromatic heterocycles. The SMILES string of the molecule is CC1CN(C(=O)OC(C)(C)C)CCC1N1CCCC1CCC(O)C(F)(F)F. The number of aliphatic hydroxyl groups excluding tert-OH is 1. The minimum atomic E-state index is -4.55. The van der Waals surface area contributed by atoms with Gasteiger partial charge in [-0.3, -0.25) is 4.90 Å². The van der Waals surface area contributed by atoms with E-state index in [1.54, 1.807) is 4.90 Å². The van der Waals surface area contributed by atoms with Crippen LogP contribution in [-0.4, -0.2) is 70.6 Å². The van der Waals surface area contributed by atoms with Crippen molar-refractivity contribution < 1.29 is 27.8 Å². The highest BCUT2D eigenvalue weighted by atomic mass is 19.4. The molecule has 2 heterocycles. The molecule has 0 aromatic carbocycles. The van der Waals surface area contributed by atoms with E-state index in [-0.39, 0.29) is 30.5 Å². The van der Waals surface area contributed by atoms with E-state index >= 15 is 0 Å². The Balaban J connectivity index is 1.89. The van der Waals surface area contributed by atoms with Crippen LogP contribution in [0.3, 0.4) is 0 Å². The molecule has 0 bridgehead atoms. The standard InChI is InChI=1S/C19H33F3N2O3/c1-13-12-23(17(26)27-18(2,3)4)11-9-15(13)24-10-5-6-14(24)7-8-16(25)19(20,21)22/h13-16,25H,5-12H2,1-4H3. The topological polar surface area (TPSA) is 53.0 Å². The molecule has 0 radical (unpaired) electrons. The van der Waals surface area contributed by atoms with Crippen LogP contribution in [0.2, 0.25) is 0 Å². The van der Waals surface area contributed by atoms with Gasteiger partial charge in [0.15, 0.2) is 0 Å². The van der Waals surface area contributed by atoms with Crippen LogP contribution in [0.25, 0.3) is 0 Å². The number of likely N-dealkylation sites (tertiary alicyclic amines) is 2. The highest BCUT2D eigenvalue weighted by Gasteiger charge is 2.41. The number of rotatable bonds is 4. The molecule has 2 saturated heterocycles. The normalized spacial score (nSPS) is 29.0. The lowest BCUT2D eigenvalue weighted by Crippen LogP contribution is -2.53. The average molecular weight is 394 g/mol. The van der Waals surface area contributed by atoms with E-state index in [2.05, 4.69) is 11.8 Å². The van der Waals surface area contributed by atoms with E-state index in [0.29, 0.717) is 19.5 Å². The van der Waals surface area contributed by atoms with Crippen LogP contribution in [0.4, 0.5) is 18.0 Å². The number of carbonyl (C=O) groups is 1. The lowest BCUT2D eigenvalue weighted by Gasteiger charge is -2.43. The fourth-order valence-corrected chi connectivity index (χ4v) is 4.24. The van der Waals surface area contributed by atoms with Gasteiger partial charge in [-0.25, -0.2) is 4.79 Å². The molecule has 4 atom stereocenters. The van der Waals surface area contributed by atoms with Crippen LogP contribution in [0.1, 0.15) is 59.8 Å². The molecule has 0 aliphatic carbocycles. The first kappa shape index (κ1) is 22.3. The average Bonchev–Trinajstić information content (AvgIpc) is 2.98. The monoisotopic (exact) mass is 394 g/mol. The van der Waals surface area contributed by atoms with E-state index in [0.717, 1.165) is 25.8 Å². The van der Waals surface area contributed by atoms with Gasteiger partial charge in [0.1, 0.15) is 11.7 Å². The first-order valence-corrected chi connectivity index (χ1v) is 9.87. The van der Waals surface area contributed by atoms with E-state index in [1.807, 2.05) is 20.8 Å². The largest absolute Gasteiger partial charge is 0.444 e. The van der Waals surface area contributed by atoms with Gasteiger partial charge >= 0.3 is 12.3 Å². The number of aliphatic hydroxyl groups is 1. The fourth-order valence-electron chi connectivity index (χ4n) is 4.24. The predicted molar refractivity (Wildman–Crippen MR) is 96.4 cm³/mol. The van der Waals surface area contributed by atoms with Crippen molar-refractivity contribution in [1.82, 2.24) is 9.80 Å². The second-order valence-corrected chi connectivity index (χ2v) is 8.93. The molecular weight excluding hydrogens is 361 g/mol. The maximum Gasteiger partial charge on any atom is 0.414 e. The number of halogens is 3. The first-order chi connectivity index (χ1) is 12.4. The second-order valence-electron chi connectivity index (χ2n) is 8.93. The molecule has 2 aliphatic heterocycles. The van der Waals surface area contributed by atoms with Gasteiger partial charge in [-0.2, -0.15) is 13.2 Å². The summed E-state index contributed by atoms with van der Waals surface area (Å²) in [7, 11) is 0. The zero-order valence-corrected chi connectivity index (χ0v) is 16.8. The third kappa shape index (κ3) is 6.24. The summed E-state index contributed by atoms with van der Waals surface area (Å²) in [5.41, 5.74) is -0.531. The maximum absolute atomic E-state index is 12.6. The molecule has 4 unspecified atom stereocenters. The molecule has 0 spiro atoms. The van der Waals surface area contributed by atoms with Crippen molar-refractivity contribution in [3.8, 4) is 0 Å². The first-order valence-electron chi connectivity index (χ1n) is 9.87. The lowest BCUT2D eigenvalue weighted by atomic mass is 9.91. The molecule has 0 aromatic rings. The molecule has 8 heteroatoms. The molecule has 158 valence electrons. The quantitative estimate of drug-likeness (QED) is 0.788. The predicted octanol–water partition coefficient (Wildman–Crippen LogP) is 3.80. The Kier molecular flexibility index (Phi) is 7.06. The van der Waals surface area contributed by atoms with Crippen molar-refractivity contribution in [3.63, 3.8) is 0 Å². The lowest BCUT2D eigenvalue weighted by molar-refractivity contribution is -0.206. The van der Waals surface area contributed by atoms with E-state index in [9.17, 15) is 23.1 Å². The summed E-state index contributed by atoms with van der Waals surface area (Å²) in [6, 6.07) is 0.321. The highest BCUT2D eigenvalue weighted by Crippen LogP contribution is 2.33. The molecular formula is C19H33F3N2O3. The van der Waals surface area contributed by atoms with Gasteiger partial charge in [0, 0.05) is 25.2 Å². The number of hydrogen-bond donors (Lipinski definition) is 1. The molecule has 0 saturated carbocycles. The molecule has 2 rings (SSSR count). The summed E-state index contributed by atoms with van der Waals surface area (Å²) < 4.78 is 43.1. The number of carbonyl (C=O) groups excluding carboxylic acids is 1. The van der Waals surface area contributed by atoms with Crippen molar-refractivity contribution in [1.29, 1.82) is 0 Å². The van der Waals surface area contributed by atoms with Crippen LogP contribution in [0.15, 0.2) is 0 Å². The Morgan fingerprint density at radius 1 is 1.22 bits per heavy atom. The summed E-state index contributed by atoms with van der Waals surface area (Å²) in [6.45, 7) is 9.66. The summed E-state index contributed by atoms with van der Waals surface area (Å²) in [5.74, 6) is 0.222. The summed E-state index contributed by atoms with van der Waals surface area (Å²) >= 11 is 0. The number of piperidine rings is 1. The number of nitrogens with zero attached hydrogens (tertiary/aromatic N) is 2. The smallest absolute Gasteiger partial charge is 0.414 e. The summed E-state index contributed by atoms with van der Waals surface area (Å²) in [4.78, 5) is 16.3. The van der Waals surface area contributed by atoms with Crippen molar-refractivity contribution in [2.75, 3.05) is 19.6 Å². The number of amides is 1. The van der Waals surface area contributed by atoms with E-state index < -0.39 is 17.9 Å². The second kappa shape index (κ2) is 8.55. The molecule has 2 fully saturated rings. The molecule has 5 nitrogen and oxygen atoms in total. The third-order valence-corrected chi connectivity index (χ3v) is 5.51. The minimum Gasteiger partial charge on any atom is -0.444 e. The Labute approximate surface area is 159 Å². The van der Waals surface area contributed by atoms with Crippen molar-refractivity contribution in [2.24, 2.45) is 5.92 Å². The van der Waals surface area contributed by atoms with Gasteiger partial charge in [0.25, 0.3) is 0 Å². The number of ether oxygens (including phenoxy) is 1. The van der Waals surface area contributed by atoms with Crippen LogP contribution in [0, 0.1) is 5.92 Å². The summed E-state index contributed by atoms with van der Waals surface area (Å²) in [5, 5.41) is 9.28. The van der Waals surface area contributed by atoms with Gasteiger partial charge in [-0.1, -0.05) is 6.92 Å². The van der Waals surface area contributed by atoms with Gasteiger partial charge in [0.2, 0.25) is 0 Å². The molecule has 1 amide bonds. The summed E-state index contributed by atoms with van der Waals surface area (Å²) in [6.07, 6.45) is -4.38. The highest BCUT2D eigenvalue weighted by molar-refractivity contribution is 5.68. The molecule has 1 N–H and O–H groups in total. The molecule has 2 aliphatic rings. The number of hydrogen-bond acceptors (Lipinski definition) is 4. The van der Waals surface area contributed by atoms with Crippen molar-refractivity contribution in [3.05, 3.63) is 0 Å². The van der Waals surface area contributed by atoms with E-state index in [1.165, 1.54) is 0 Å².